The summed E-state index contributed by atoms with van der Waals surface area (Å²) in [7, 11) is 1.69. The Labute approximate surface area is 196 Å². The number of halogens is 1. The van der Waals surface area contributed by atoms with Gasteiger partial charge >= 0.3 is 0 Å². The van der Waals surface area contributed by atoms with Crippen molar-refractivity contribution in [2.75, 3.05) is 7.11 Å². The third kappa shape index (κ3) is 5.41. The number of carbonyl (C=O) groups is 1. The predicted molar refractivity (Wildman–Crippen MR) is 134 cm³/mol. The first-order chi connectivity index (χ1) is 15.3. The van der Waals surface area contributed by atoms with Gasteiger partial charge < -0.3 is 10.1 Å². The van der Waals surface area contributed by atoms with Crippen LogP contribution >= 0.6 is 11.6 Å². The maximum atomic E-state index is 13.4. The average molecular weight is 448 g/mol. The Morgan fingerprint density at radius 2 is 1.62 bits per heavy atom. The molecule has 166 valence electrons. The molecule has 0 aromatic heterocycles. The van der Waals surface area contributed by atoms with Gasteiger partial charge in [-0.3, -0.25) is 4.79 Å². The number of ether oxygens (including phenoxy) is 1. The second-order valence-electron chi connectivity index (χ2n) is 8.25. The van der Waals surface area contributed by atoms with Gasteiger partial charge in [-0.05, 0) is 71.9 Å². The number of nitrogens with one attached hydrogen (secondary N) is 1. The van der Waals surface area contributed by atoms with Crippen LogP contribution in [0.15, 0.2) is 66.7 Å². The Balaban J connectivity index is 1.97. The Kier molecular flexibility index (Phi) is 7.76. The molecule has 0 aliphatic carbocycles. The smallest absolute Gasteiger partial charge is 0.252 e. The molecule has 3 nitrogen and oxygen atoms in total. The normalized spacial score (nSPS) is 12.5. The number of hydrogen-bond donors (Lipinski definition) is 1. The van der Waals surface area contributed by atoms with Gasteiger partial charge in [-0.2, -0.15) is 0 Å². The van der Waals surface area contributed by atoms with E-state index in [2.05, 4.69) is 25.2 Å². The molecule has 1 atom stereocenters. The minimum absolute atomic E-state index is 0.148. The summed E-state index contributed by atoms with van der Waals surface area (Å²) in [5.41, 5.74) is 5.50. The molecule has 0 fully saturated rings. The highest BCUT2D eigenvalue weighted by Crippen LogP contribution is 2.32. The standard InChI is InChI=1S/C28H30ClNO2/c1-18(2)23-17-24(19(3)15-27(23)32-5)20(4)30-28(31)25(21-11-7-6-8-12-21)16-22-13-9-10-14-26(22)29/h6-18,20H,1-5H3,(H,30,31)/b25-16+/t20-/m0/s1. The van der Waals surface area contributed by atoms with E-state index in [4.69, 9.17) is 16.3 Å². The fraction of sp³-hybridized carbons (Fsp3) is 0.250. The SMILES string of the molecule is COc1cc(C)c([C@H](C)NC(=O)/C(=C/c2ccccc2Cl)c2ccccc2)cc1C(C)C. The van der Waals surface area contributed by atoms with Crippen molar-refractivity contribution in [3.05, 3.63) is 99.6 Å². The van der Waals surface area contributed by atoms with Gasteiger partial charge in [-0.1, -0.05) is 74.0 Å². The van der Waals surface area contributed by atoms with Gasteiger partial charge in [0.1, 0.15) is 5.75 Å². The lowest BCUT2D eigenvalue weighted by molar-refractivity contribution is -0.116. The topological polar surface area (TPSA) is 38.3 Å². The zero-order valence-corrected chi connectivity index (χ0v) is 20.0. The van der Waals surface area contributed by atoms with Crippen molar-refractivity contribution >= 4 is 29.2 Å². The van der Waals surface area contributed by atoms with Crippen molar-refractivity contribution in [2.24, 2.45) is 0 Å². The van der Waals surface area contributed by atoms with Gasteiger partial charge in [0.05, 0.1) is 13.2 Å². The molecule has 3 rings (SSSR count). The van der Waals surface area contributed by atoms with E-state index >= 15 is 0 Å². The van der Waals surface area contributed by atoms with Crippen LogP contribution in [0.4, 0.5) is 0 Å². The summed E-state index contributed by atoms with van der Waals surface area (Å²) >= 11 is 6.37. The first-order valence-electron chi connectivity index (χ1n) is 10.8. The van der Waals surface area contributed by atoms with Crippen molar-refractivity contribution in [3.8, 4) is 5.75 Å². The van der Waals surface area contributed by atoms with Crippen LogP contribution in [0.1, 0.15) is 60.5 Å². The van der Waals surface area contributed by atoms with Crippen LogP contribution in [0.5, 0.6) is 5.75 Å². The van der Waals surface area contributed by atoms with Gasteiger partial charge in [0.25, 0.3) is 5.91 Å². The molecule has 0 radical (unpaired) electrons. The maximum absolute atomic E-state index is 13.4. The highest BCUT2D eigenvalue weighted by Gasteiger charge is 2.19. The third-order valence-corrected chi connectivity index (χ3v) is 5.93. The van der Waals surface area contributed by atoms with Crippen LogP contribution in [0.2, 0.25) is 5.02 Å². The van der Waals surface area contributed by atoms with Crippen LogP contribution in [0.25, 0.3) is 11.6 Å². The fourth-order valence-electron chi connectivity index (χ4n) is 3.81. The molecule has 3 aromatic carbocycles. The van der Waals surface area contributed by atoms with E-state index in [9.17, 15) is 4.79 Å². The number of rotatable bonds is 7. The first kappa shape index (κ1) is 23.6. The molecule has 0 bridgehead atoms. The molecule has 0 heterocycles. The van der Waals surface area contributed by atoms with E-state index in [0.717, 1.165) is 33.6 Å². The van der Waals surface area contributed by atoms with E-state index < -0.39 is 0 Å². The number of hydrogen-bond acceptors (Lipinski definition) is 2. The zero-order valence-electron chi connectivity index (χ0n) is 19.3. The Bertz CT molecular complexity index is 1120. The number of carbonyl (C=O) groups excluding carboxylic acids is 1. The molecule has 0 unspecified atom stereocenters. The Morgan fingerprint density at radius 1 is 0.969 bits per heavy atom. The maximum Gasteiger partial charge on any atom is 0.252 e. The summed E-state index contributed by atoms with van der Waals surface area (Å²) in [6.07, 6.45) is 1.85. The minimum Gasteiger partial charge on any atom is -0.496 e. The average Bonchev–Trinajstić information content (AvgIpc) is 2.78. The number of methoxy groups -OCH3 is 1. The third-order valence-electron chi connectivity index (χ3n) is 5.59. The summed E-state index contributed by atoms with van der Waals surface area (Å²) in [6, 6.07) is 21.2. The molecule has 0 spiro atoms. The van der Waals surface area contributed by atoms with Crippen LogP contribution < -0.4 is 10.1 Å². The van der Waals surface area contributed by atoms with E-state index in [-0.39, 0.29) is 11.9 Å². The van der Waals surface area contributed by atoms with Gasteiger partial charge in [0.15, 0.2) is 0 Å². The van der Waals surface area contributed by atoms with E-state index in [0.29, 0.717) is 16.5 Å². The minimum atomic E-state index is -0.177. The highest BCUT2D eigenvalue weighted by molar-refractivity contribution is 6.33. The second-order valence-corrected chi connectivity index (χ2v) is 8.65. The molecule has 0 aliphatic heterocycles. The zero-order chi connectivity index (χ0) is 23.3. The van der Waals surface area contributed by atoms with Gasteiger partial charge in [-0.15, -0.1) is 0 Å². The summed E-state index contributed by atoms with van der Waals surface area (Å²) in [5.74, 6) is 1.04. The molecular weight excluding hydrogens is 418 g/mol. The number of amides is 1. The summed E-state index contributed by atoms with van der Waals surface area (Å²) < 4.78 is 5.57. The molecule has 4 heteroatoms. The van der Waals surface area contributed by atoms with E-state index in [1.807, 2.05) is 80.6 Å². The molecule has 0 saturated carbocycles. The van der Waals surface area contributed by atoms with Crippen LogP contribution in [-0.4, -0.2) is 13.0 Å². The lowest BCUT2D eigenvalue weighted by Gasteiger charge is -2.22. The van der Waals surface area contributed by atoms with Crippen molar-refractivity contribution < 1.29 is 9.53 Å². The van der Waals surface area contributed by atoms with Crippen LogP contribution in [0, 0.1) is 6.92 Å². The molecule has 0 saturated heterocycles. The van der Waals surface area contributed by atoms with Crippen LogP contribution in [-0.2, 0) is 4.79 Å². The summed E-state index contributed by atoms with van der Waals surface area (Å²) in [6.45, 7) is 8.33. The van der Waals surface area contributed by atoms with Gasteiger partial charge in [-0.25, -0.2) is 0 Å². The molecule has 1 N–H and O–H groups in total. The van der Waals surface area contributed by atoms with Crippen molar-refractivity contribution in [1.82, 2.24) is 5.32 Å². The van der Waals surface area contributed by atoms with Crippen LogP contribution in [0.3, 0.4) is 0 Å². The summed E-state index contributed by atoms with van der Waals surface area (Å²) in [4.78, 5) is 13.4. The predicted octanol–water partition coefficient (Wildman–Crippen LogP) is 7.20. The van der Waals surface area contributed by atoms with E-state index in [1.165, 1.54) is 0 Å². The highest BCUT2D eigenvalue weighted by atomic mass is 35.5. The number of benzene rings is 3. The van der Waals surface area contributed by atoms with Crippen molar-refractivity contribution in [3.63, 3.8) is 0 Å². The van der Waals surface area contributed by atoms with Crippen molar-refractivity contribution in [2.45, 2.75) is 39.7 Å². The quantitative estimate of drug-likeness (QED) is 0.307. The largest absolute Gasteiger partial charge is 0.496 e. The molecule has 1 amide bonds. The Morgan fingerprint density at radius 3 is 2.25 bits per heavy atom. The molecular formula is C28H30ClNO2. The lowest BCUT2D eigenvalue weighted by atomic mass is 9.93. The molecule has 3 aromatic rings. The molecule has 32 heavy (non-hydrogen) atoms. The van der Waals surface area contributed by atoms with E-state index in [1.54, 1.807) is 7.11 Å². The first-order valence-corrected chi connectivity index (χ1v) is 11.2. The second kappa shape index (κ2) is 10.5. The number of aryl methyl sites for hydroxylation is 1. The fourth-order valence-corrected chi connectivity index (χ4v) is 4.00. The summed E-state index contributed by atoms with van der Waals surface area (Å²) in [5, 5.41) is 3.79. The van der Waals surface area contributed by atoms with Gasteiger partial charge in [0.2, 0.25) is 0 Å². The molecule has 0 aliphatic rings. The Hall–Kier alpha value is -3.04. The monoisotopic (exact) mass is 447 g/mol. The lowest BCUT2D eigenvalue weighted by Crippen LogP contribution is -2.28. The van der Waals surface area contributed by atoms with Crippen molar-refractivity contribution in [1.29, 1.82) is 0 Å². The van der Waals surface area contributed by atoms with Gasteiger partial charge in [0, 0.05) is 10.6 Å².